The van der Waals surface area contributed by atoms with Gasteiger partial charge in [0.1, 0.15) is 65.1 Å². The molecule has 37 heteroatoms. The molecule has 4 bridgehead atoms. The summed E-state index contributed by atoms with van der Waals surface area (Å²) in [5.41, 5.74) is -16.6. The minimum atomic E-state index is -3.03. The number of hydrogen-bond donors (Lipinski definition) is 5. The molecule has 2 unspecified atom stereocenters. The van der Waals surface area contributed by atoms with Gasteiger partial charge in [-0.1, -0.05) is 137 Å². The number of nitrogens with one attached hydrogen (secondary N) is 2. The smallest absolute Gasteiger partial charge is 0.457 e. The number of Topliss-reactive ketones (excluding diaryl/α,β-unsaturated/α-hetero) is 2. The normalized spacial score (nSPS) is 29.8. The first-order chi connectivity index (χ1) is 66.4. The van der Waals surface area contributed by atoms with Crippen LogP contribution in [0, 0.1) is 39.4 Å². The van der Waals surface area contributed by atoms with Crippen molar-refractivity contribution in [3.63, 3.8) is 0 Å². The molecule has 0 spiro atoms. The van der Waals surface area contributed by atoms with Crippen molar-refractivity contribution in [2.45, 2.75) is 296 Å². The lowest BCUT2D eigenvalue weighted by Gasteiger charge is -2.68. The second-order valence-electron chi connectivity index (χ2n) is 42.2. The Bertz CT molecular complexity index is 5400. The van der Waals surface area contributed by atoms with E-state index in [0.29, 0.717) is 9.75 Å². The number of alkyl carbamates (subject to hydrolysis) is 2. The summed E-state index contributed by atoms with van der Waals surface area (Å²) in [6, 6.07) is 39.6. The number of benzene rings is 4. The SMILES string of the molecule is CCOC(=O)O[C@H]1C(=O)[C@@]2(C)C([C@H](OC(=O)c3ccccc3)[C@]3(O)C[C@H](OC(=O)[C@H](C)[C@@H](NC(=O)OC(C)(C)C)c4cccs4)C(C)=C1C3(C)C)[C@]1(OC(C)=O)CO[C@@H]1C[C@@H]2O[Si](C)(C)c1ccccc1.CCOC(=O)O[C@H]1C(=O)[C@@]2(C)C([C@H](OC(=O)c3ccccc3)[C@]3(O)C[C@H](OC(=O)[C@H](O)[C@@H](NC(=O)OC(C)(C)C)c4cccs4)C(C)=C1C3(C)C)[C@]1(OC(C)=O)CO[C@@H]1C[C@@H]2O[Si](C)(C)c1ccccc1. The third kappa shape index (κ3) is 20.8. The maximum absolute atomic E-state index is 16.5. The second-order valence-corrected chi connectivity index (χ2v) is 51.8. The van der Waals surface area contributed by atoms with E-state index in [1.165, 1.54) is 37.3 Å². The lowest BCUT2D eigenvalue weighted by Crippen LogP contribution is -2.82. The van der Waals surface area contributed by atoms with E-state index < -0.39 is 254 Å². The van der Waals surface area contributed by atoms with E-state index in [1.54, 1.807) is 201 Å². The van der Waals surface area contributed by atoms with E-state index in [9.17, 15) is 63.3 Å². The van der Waals surface area contributed by atoms with Crippen LogP contribution in [0.1, 0.15) is 200 Å². The van der Waals surface area contributed by atoms with Crippen molar-refractivity contribution in [1.82, 2.24) is 10.6 Å². The Balaban J connectivity index is 0.000000239. The molecule has 2 aliphatic heterocycles. The average Bonchev–Trinajstić information content (AvgIpc) is 0.695. The molecule has 4 heterocycles. The van der Waals surface area contributed by atoms with Crippen LogP contribution in [0.5, 0.6) is 0 Å². The number of carbonyl (C=O) groups excluding carboxylic acids is 12. The highest BCUT2D eigenvalue weighted by atomic mass is 32.1. The first kappa shape index (κ1) is 108. The van der Waals surface area contributed by atoms with Gasteiger partial charge >= 0.3 is 60.3 Å². The van der Waals surface area contributed by atoms with Crippen LogP contribution < -0.4 is 21.0 Å². The summed E-state index contributed by atoms with van der Waals surface area (Å²) in [5, 5.41) is 50.9. The van der Waals surface area contributed by atoms with E-state index in [1.807, 2.05) is 86.9 Å². The van der Waals surface area contributed by atoms with Crippen molar-refractivity contribution in [3.05, 3.63) is 200 Å². The molecular weight excluding hydrogens is 1910 g/mol. The van der Waals surface area contributed by atoms with Crippen LogP contribution in [0.15, 0.2) is 179 Å². The number of rotatable bonds is 26. The summed E-state index contributed by atoms with van der Waals surface area (Å²) in [6.07, 6.45) is -21.5. The molecule has 4 aromatic carbocycles. The maximum atomic E-state index is 16.5. The molecule has 4 saturated carbocycles. The number of hydrogen-bond acceptors (Lipinski definition) is 33. The van der Waals surface area contributed by atoms with Crippen molar-refractivity contribution in [2.75, 3.05) is 26.4 Å². The summed E-state index contributed by atoms with van der Waals surface area (Å²) in [7, 11) is -6.04. The number of ketones is 2. The summed E-state index contributed by atoms with van der Waals surface area (Å²) < 4.78 is 99.7. The van der Waals surface area contributed by atoms with Crippen molar-refractivity contribution >= 4 is 122 Å². The zero-order chi connectivity index (χ0) is 104. The Morgan fingerprint density at radius 3 is 1.15 bits per heavy atom. The molecule has 6 aliphatic carbocycles. The number of carbonyl (C=O) groups is 12. The van der Waals surface area contributed by atoms with Crippen LogP contribution in [0.2, 0.25) is 26.2 Å². The topological polar surface area (TPSA) is 437 Å². The van der Waals surface area contributed by atoms with Gasteiger partial charge in [0.15, 0.2) is 41.1 Å². The second kappa shape index (κ2) is 41.3. The molecule has 0 radical (unpaired) electrons. The monoisotopic (exact) mass is 2040 g/mol. The van der Waals surface area contributed by atoms with Crippen LogP contribution >= 0.6 is 22.7 Å². The van der Waals surface area contributed by atoms with E-state index in [-0.39, 0.29) is 72.7 Å². The van der Waals surface area contributed by atoms with Gasteiger partial charge in [-0.2, -0.15) is 0 Å². The molecule has 22 atom stereocenters. The van der Waals surface area contributed by atoms with Gasteiger partial charge in [-0.3, -0.25) is 24.0 Å². The van der Waals surface area contributed by atoms with Gasteiger partial charge in [-0.15, -0.1) is 22.7 Å². The van der Waals surface area contributed by atoms with Crippen molar-refractivity contribution in [1.29, 1.82) is 0 Å². The minimum Gasteiger partial charge on any atom is -0.457 e. The highest BCUT2D eigenvalue weighted by molar-refractivity contribution is 7.10. The predicted molar refractivity (Wildman–Crippen MR) is 523 cm³/mol. The third-order valence-corrected chi connectivity index (χ3v) is 36.6. The first-order valence-corrected chi connectivity index (χ1v) is 55.4. The Kier molecular flexibility index (Phi) is 31.6. The molecule has 6 fully saturated rings. The number of thiophene rings is 2. The van der Waals surface area contributed by atoms with Gasteiger partial charge in [0.2, 0.25) is 16.6 Å². The molecule has 2 aromatic heterocycles. The zero-order valence-corrected chi connectivity index (χ0v) is 88.1. The third-order valence-electron chi connectivity index (χ3n) is 29.5. The zero-order valence-electron chi connectivity index (χ0n) is 84.5. The Hall–Kier alpha value is -10.8. The fraction of sp³-hybridized carbons (Fsp3) is 0.543. The highest BCUT2D eigenvalue weighted by Crippen LogP contribution is 2.68. The largest absolute Gasteiger partial charge is 0.509 e. The summed E-state index contributed by atoms with van der Waals surface area (Å²) in [5.74, 6) is -10.9. The fourth-order valence-corrected chi connectivity index (χ4v) is 28.4. The van der Waals surface area contributed by atoms with Crippen LogP contribution in [-0.2, 0) is 104 Å². The Labute approximate surface area is 836 Å². The van der Waals surface area contributed by atoms with Crippen molar-refractivity contribution in [3.8, 4) is 0 Å². The van der Waals surface area contributed by atoms with Crippen molar-refractivity contribution in [2.24, 2.45) is 39.4 Å². The lowest BCUT2D eigenvalue weighted by molar-refractivity contribution is -0.344. The van der Waals surface area contributed by atoms with Gasteiger partial charge in [-0.05, 0) is 196 Å². The molecule has 8 aliphatic rings. The Morgan fingerprint density at radius 1 is 0.486 bits per heavy atom. The average molecular weight is 2040 g/mol. The van der Waals surface area contributed by atoms with Crippen molar-refractivity contribution < 1.29 is 148 Å². The summed E-state index contributed by atoms with van der Waals surface area (Å²) in [4.78, 5) is 174. The number of aliphatic hydroxyl groups excluding tert-OH is 1. The van der Waals surface area contributed by atoms with Crippen LogP contribution in [0.4, 0.5) is 19.2 Å². The van der Waals surface area contributed by atoms with Gasteiger partial charge in [0.25, 0.3) is 0 Å². The number of aliphatic hydroxyl groups is 3. The van der Waals surface area contributed by atoms with E-state index >= 15 is 9.59 Å². The Morgan fingerprint density at radius 2 is 0.831 bits per heavy atom. The number of amides is 2. The van der Waals surface area contributed by atoms with E-state index in [4.69, 9.17) is 75.2 Å². The van der Waals surface area contributed by atoms with Gasteiger partial charge < -0.3 is 101 Å². The molecule has 2 saturated heterocycles. The highest BCUT2D eigenvalue weighted by Gasteiger charge is 2.82. The lowest BCUT2D eigenvalue weighted by atomic mass is 9.44. The van der Waals surface area contributed by atoms with Gasteiger partial charge in [-0.25, -0.2) is 33.6 Å². The molecule has 2 amide bonds. The quantitative estimate of drug-likeness (QED) is 0.0146. The molecule has 14 rings (SSSR count). The van der Waals surface area contributed by atoms with E-state index in [2.05, 4.69) is 10.6 Å². The first-order valence-electron chi connectivity index (χ1n) is 47.8. The van der Waals surface area contributed by atoms with Crippen LogP contribution in [-0.4, -0.2) is 231 Å². The van der Waals surface area contributed by atoms with Gasteiger partial charge in [0.05, 0.1) is 84.4 Å². The fourth-order valence-electron chi connectivity index (χ4n) is 22.3. The predicted octanol–water partition coefficient (Wildman–Crippen LogP) is 14.6. The maximum Gasteiger partial charge on any atom is 0.509 e. The van der Waals surface area contributed by atoms with E-state index in [0.717, 1.165) is 21.7 Å². The molecule has 6 aromatic rings. The molecule has 768 valence electrons. The molecule has 142 heavy (non-hydrogen) atoms. The molecular formula is C105H132N2O31S2Si2. The number of fused-ring (bicyclic) bond motifs is 10. The minimum absolute atomic E-state index is 0.00875. The van der Waals surface area contributed by atoms with Crippen LogP contribution in [0.25, 0.3) is 0 Å². The molecule has 5 N–H and O–H groups in total. The summed E-state index contributed by atoms with van der Waals surface area (Å²) >= 11 is 2.46. The standard InChI is InChI=1S/C53H67NO15SSi.C52H65NO16SSi/c1-13-62-48(60)65-41-39-30(2)35(64-45(57)31(3)40(36-25-20-26-70-36)54-47(59)68-49(5,6)7)28-53(61,50(39,8)9)44(66-46(58)33-21-16-14-17-22-33)42-51(10,43(41)56)37(27-38-52(42,29-63-38)67-32(4)55)69-71(11,12)34-23-18-15-19-24-34;1-12-62-47(60)65-40-37-29(2)33(64-45(58)39(55)38(34-24-19-25-70-34)53-46(59)68-48(4,5)6)27-52(61,49(37,7)8)43(66-44(57)31-20-15-13-16-21-31)41-50(9,42(40)56)35(26-36-51(41,28-63-36)67-30(3)54)69-71(10,11)32-22-17-14-18-23-32/h14-26,31,35,37-38,40-42,44,61H,13,27-29H2,1-12H3,(H,54,59);13-25,33,35-36,38-41,43,55,61H,12,26-28H2,1-11H3,(H,53,59)/t31-,35+,37+,38-,40-,41-,42?,44+,51-,52+,53-;33-,35-,36+,38-,39+,40+,41?,43-,50+,51-,52+/m10/s1. The van der Waals surface area contributed by atoms with Gasteiger partial charge in [0, 0.05) is 60.1 Å². The van der Waals surface area contributed by atoms with Crippen LogP contribution in [0.3, 0.4) is 0 Å². The summed E-state index contributed by atoms with van der Waals surface area (Å²) in [6.45, 7) is 37.2. The number of esters is 6. The number of ether oxygens (including phenoxy) is 14. The molecule has 33 nitrogen and oxygen atoms in total.